The van der Waals surface area contributed by atoms with Crippen molar-refractivity contribution in [3.05, 3.63) is 53.0 Å². The van der Waals surface area contributed by atoms with Crippen LogP contribution in [0, 0.1) is 0 Å². The van der Waals surface area contributed by atoms with E-state index in [0.717, 1.165) is 15.1 Å². The number of hydrogen-bond acceptors (Lipinski definition) is 3. The molecule has 2 rings (SSSR count). The van der Waals surface area contributed by atoms with Gasteiger partial charge in [0.05, 0.1) is 21.4 Å². The third-order valence-electron chi connectivity index (χ3n) is 2.48. The predicted octanol–water partition coefficient (Wildman–Crippen LogP) is 3.22. The van der Waals surface area contributed by atoms with Crippen molar-refractivity contribution in [3.8, 4) is 5.75 Å². The number of nitrogen functional groups attached to an aromatic ring is 1. The molecule has 0 aliphatic heterocycles. The van der Waals surface area contributed by atoms with Crippen molar-refractivity contribution >= 4 is 32.4 Å². The topological polar surface area (TPSA) is 52.3 Å². The predicted molar refractivity (Wildman–Crippen MR) is 81.8 cm³/mol. The maximum Gasteiger partial charge on any atom is 0.119 e. The lowest BCUT2D eigenvalue weighted by atomic mass is 10.3. The summed E-state index contributed by atoms with van der Waals surface area (Å²) in [5.74, 6) is 1.23. The summed E-state index contributed by atoms with van der Waals surface area (Å²) in [5, 5.41) is 0. The quantitative estimate of drug-likeness (QED) is 0.851. The van der Waals surface area contributed by atoms with E-state index in [4.69, 9.17) is 10.5 Å². The Bertz CT molecular complexity index is 575. The fourth-order valence-corrected chi connectivity index (χ4v) is 3.45. The van der Waals surface area contributed by atoms with Gasteiger partial charge in [0.1, 0.15) is 12.4 Å². The molecule has 0 amide bonds. The highest BCUT2D eigenvalue weighted by Crippen LogP contribution is 2.23. The van der Waals surface area contributed by atoms with Gasteiger partial charge in [-0.25, -0.2) is 0 Å². The van der Waals surface area contributed by atoms with E-state index in [1.807, 2.05) is 30.3 Å². The summed E-state index contributed by atoms with van der Waals surface area (Å²) in [6.45, 7) is 0.410. The average Bonchev–Trinajstić information content (AvgIpc) is 2.39. The Morgan fingerprint density at radius 2 is 1.89 bits per heavy atom. The molecule has 0 heterocycles. The summed E-state index contributed by atoms with van der Waals surface area (Å²) in [6.07, 6.45) is 0. The van der Waals surface area contributed by atoms with Crippen molar-refractivity contribution in [2.75, 3.05) is 18.1 Å². The minimum atomic E-state index is -1.10. The first kappa shape index (κ1) is 14.1. The van der Waals surface area contributed by atoms with Gasteiger partial charge in [-0.1, -0.05) is 18.2 Å². The van der Waals surface area contributed by atoms with E-state index >= 15 is 0 Å². The molecule has 0 spiro atoms. The molecule has 0 radical (unpaired) electrons. The summed E-state index contributed by atoms with van der Waals surface area (Å²) in [5.41, 5.74) is 6.30. The molecule has 2 aromatic rings. The molecule has 1 atom stereocenters. The normalized spacial score (nSPS) is 12.1. The van der Waals surface area contributed by atoms with Crippen LogP contribution in [0.2, 0.25) is 0 Å². The lowest BCUT2D eigenvalue weighted by Gasteiger charge is -2.07. The van der Waals surface area contributed by atoms with E-state index in [1.165, 1.54) is 0 Å². The van der Waals surface area contributed by atoms with Crippen molar-refractivity contribution in [1.82, 2.24) is 0 Å². The summed E-state index contributed by atoms with van der Waals surface area (Å²) in [7, 11) is -1.10. The highest BCUT2D eigenvalue weighted by molar-refractivity contribution is 9.10. The molecule has 0 aliphatic rings. The molecule has 0 saturated heterocycles. The molecule has 0 bridgehead atoms. The number of benzene rings is 2. The zero-order valence-corrected chi connectivity index (χ0v) is 12.6. The Kier molecular flexibility index (Phi) is 4.99. The zero-order chi connectivity index (χ0) is 13.7. The van der Waals surface area contributed by atoms with Gasteiger partial charge in [-0.3, -0.25) is 4.21 Å². The van der Waals surface area contributed by atoms with Gasteiger partial charge in [-0.05, 0) is 46.3 Å². The van der Waals surface area contributed by atoms with Crippen LogP contribution in [0.3, 0.4) is 0 Å². The minimum absolute atomic E-state index is 0.410. The monoisotopic (exact) mass is 339 g/mol. The standard InChI is InChI=1S/C14H14BrNO2S/c15-13-10-11(16)6-7-14(13)19(17)9-8-18-12-4-2-1-3-5-12/h1-7,10H,8-9,16H2. The van der Waals surface area contributed by atoms with Gasteiger partial charge in [-0.15, -0.1) is 0 Å². The smallest absolute Gasteiger partial charge is 0.119 e. The van der Waals surface area contributed by atoms with E-state index in [9.17, 15) is 4.21 Å². The van der Waals surface area contributed by atoms with Crippen molar-refractivity contribution in [3.63, 3.8) is 0 Å². The third kappa shape index (κ3) is 4.08. The van der Waals surface area contributed by atoms with Gasteiger partial charge >= 0.3 is 0 Å². The van der Waals surface area contributed by atoms with Crippen molar-refractivity contribution in [2.24, 2.45) is 0 Å². The van der Waals surface area contributed by atoms with Crippen LogP contribution in [-0.2, 0) is 10.8 Å². The van der Waals surface area contributed by atoms with Gasteiger partial charge in [0.25, 0.3) is 0 Å². The lowest BCUT2D eigenvalue weighted by Crippen LogP contribution is -2.09. The van der Waals surface area contributed by atoms with Crippen LogP contribution in [0.25, 0.3) is 0 Å². The van der Waals surface area contributed by atoms with Crippen LogP contribution in [0.1, 0.15) is 0 Å². The Hall–Kier alpha value is -1.33. The Morgan fingerprint density at radius 3 is 2.58 bits per heavy atom. The Labute approximate surface area is 123 Å². The molecular weight excluding hydrogens is 326 g/mol. The fourth-order valence-electron chi connectivity index (χ4n) is 1.56. The number of hydrogen-bond donors (Lipinski definition) is 1. The first-order valence-electron chi connectivity index (χ1n) is 5.78. The molecule has 0 aliphatic carbocycles. The first-order chi connectivity index (χ1) is 9.16. The summed E-state index contributed by atoms with van der Waals surface area (Å²) < 4.78 is 18.4. The number of para-hydroxylation sites is 1. The molecular formula is C14H14BrNO2S. The number of rotatable bonds is 5. The highest BCUT2D eigenvalue weighted by Gasteiger charge is 2.08. The van der Waals surface area contributed by atoms with Crippen LogP contribution in [0.5, 0.6) is 5.75 Å². The molecule has 2 aromatic carbocycles. The molecule has 100 valence electrons. The molecule has 5 heteroatoms. The van der Waals surface area contributed by atoms with E-state index in [-0.39, 0.29) is 0 Å². The molecule has 0 aromatic heterocycles. The van der Waals surface area contributed by atoms with Gasteiger partial charge in [0.2, 0.25) is 0 Å². The van der Waals surface area contributed by atoms with E-state index in [2.05, 4.69) is 15.9 Å². The van der Waals surface area contributed by atoms with E-state index in [0.29, 0.717) is 18.0 Å². The van der Waals surface area contributed by atoms with Gasteiger partial charge < -0.3 is 10.5 Å². The van der Waals surface area contributed by atoms with Crippen LogP contribution in [0.4, 0.5) is 5.69 Å². The Balaban J connectivity index is 1.91. The van der Waals surface area contributed by atoms with Crippen LogP contribution in [-0.4, -0.2) is 16.6 Å². The average molecular weight is 340 g/mol. The summed E-state index contributed by atoms with van der Waals surface area (Å²) in [4.78, 5) is 0.742. The molecule has 1 unspecified atom stereocenters. The molecule has 2 N–H and O–H groups in total. The Morgan fingerprint density at radius 1 is 1.16 bits per heavy atom. The second-order valence-electron chi connectivity index (χ2n) is 3.90. The molecule has 3 nitrogen and oxygen atoms in total. The molecule has 0 fully saturated rings. The first-order valence-corrected chi connectivity index (χ1v) is 7.89. The fraction of sp³-hybridized carbons (Fsp3) is 0.143. The van der Waals surface area contributed by atoms with Crippen molar-refractivity contribution < 1.29 is 8.95 Å². The second kappa shape index (κ2) is 6.73. The molecule has 19 heavy (non-hydrogen) atoms. The zero-order valence-electron chi connectivity index (χ0n) is 10.2. The van der Waals surface area contributed by atoms with Gasteiger partial charge in [0.15, 0.2) is 0 Å². The van der Waals surface area contributed by atoms with E-state index < -0.39 is 10.8 Å². The lowest BCUT2D eigenvalue weighted by molar-refractivity contribution is 0.342. The second-order valence-corrected chi connectivity index (χ2v) is 6.29. The summed E-state index contributed by atoms with van der Waals surface area (Å²) in [6, 6.07) is 14.8. The van der Waals surface area contributed by atoms with Crippen molar-refractivity contribution in [2.45, 2.75) is 4.90 Å². The van der Waals surface area contributed by atoms with Gasteiger partial charge in [-0.2, -0.15) is 0 Å². The largest absolute Gasteiger partial charge is 0.493 e. The number of ether oxygens (including phenoxy) is 1. The molecule has 0 saturated carbocycles. The minimum Gasteiger partial charge on any atom is -0.493 e. The van der Waals surface area contributed by atoms with Crippen LogP contribution < -0.4 is 10.5 Å². The number of halogens is 1. The number of nitrogens with two attached hydrogens (primary N) is 1. The SMILES string of the molecule is Nc1ccc(S(=O)CCOc2ccccc2)c(Br)c1. The van der Waals surface area contributed by atoms with E-state index in [1.54, 1.807) is 18.2 Å². The summed E-state index contributed by atoms with van der Waals surface area (Å²) >= 11 is 3.37. The third-order valence-corrected chi connectivity index (χ3v) is 4.78. The van der Waals surface area contributed by atoms with Crippen LogP contribution >= 0.6 is 15.9 Å². The van der Waals surface area contributed by atoms with Crippen LogP contribution in [0.15, 0.2) is 57.9 Å². The number of anilines is 1. The van der Waals surface area contributed by atoms with Crippen molar-refractivity contribution in [1.29, 1.82) is 0 Å². The maximum atomic E-state index is 12.1. The highest BCUT2D eigenvalue weighted by atomic mass is 79.9. The maximum absolute atomic E-state index is 12.1. The van der Waals surface area contributed by atoms with Gasteiger partial charge in [0, 0.05) is 10.2 Å².